The number of halogens is 1. The topological polar surface area (TPSA) is 75.2 Å². The Morgan fingerprint density at radius 3 is 2.68 bits per heavy atom. The molecule has 1 aliphatic heterocycles. The smallest absolute Gasteiger partial charge is 0.226 e. The summed E-state index contributed by atoms with van der Waals surface area (Å²) < 4.78 is 22.1. The maximum Gasteiger partial charge on any atom is 0.226 e. The Kier molecular flexibility index (Phi) is 6.43. The first-order valence-electron chi connectivity index (χ1n) is 10.2. The molecule has 162 valence electrons. The number of aromatic amines is 1. The lowest BCUT2D eigenvalue weighted by Gasteiger charge is -2.29. The minimum absolute atomic E-state index is 0.180. The molecule has 1 saturated heterocycles. The first-order chi connectivity index (χ1) is 15.0. The van der Waals surface area contributed by atoms with Gasteiger partial charge in [0.2, 0.25) is 5.91 Å². The van der Waals surface area contributed by atoms with E-state index in [0.29, 0.717) is 54.8 Å². The molecule has 0 unspecified atom stereocenters. The lowest BCUT2D eigenvalue weighted by molar-refractivity contribution is -0.116. The number of carbonyl (C=O) groups is 1. The minimum Gasteiger partial charge on any atom is -0.378 e. The number of carbonyl (C=O) groups excluding carboxylic acids is 1. The number of benzene rings is 2. The Morgan fingerprint density at radius 1 is 1.23 bits per heavy atom. The van der Waals surface area contributed by atoms with Gasteiger partial charge in [-0.15, -0.1) is 0 Å². The van der Waals surface area contributed by atoms with Crippen LogP contribution in [-0.2, 0) is 16.1 Å². The first kappa shape index (κ1) is 21.2. The molecule has 3 aromatic rings. The average molecular weight is 442 g/mol. The van der Waals surface area contributed by atoms with Crippen LogP contribution in [0.25, 0.3) is 11.4 Å². The Balaban J connectivity index is 1.40. The summed E-state index contributed by atoms with van der Waals surface area (Å²) in [6.45, 7) is 4.84. The number of hydrogen-bond donors (Lipinski definition) is 2. The van der Waals surface area contributed by atoms with Gasteiger partial charge in [0.1, 0.15) is 5.82 Å². The molecule has 4 rings (SSSR count). The lowest BCUT2D eigenvalue weighted by atomic mass is 10.1. The molecular formula is C22H24FN5O2S. The van der Waals surface area contributed by atoms with Crippen molar-refractivity contribution in [3.63, 3.8) is 0 Å². The van der Waals surface area contributed by atoms with Crippen molar-refractivity contribution in [2.75, 3.05) is 36.5 Å². The molecule has 7 nitrogen and oxygen atoms in total. The van der Waals surface area contributed by atoms with Gasteiger partial charge in [0.25, 0.3) is 0 Å². The van der Waals surface area contributed by atoms with Crippen LogP contribution in [-0.4, -0.2) is 47.0 Å². The molecule has 1 aromatic heterocycles. The monoisotopic (exact) mass is 441 g/mol. The highest BCUT2D eigenvalue weighted by atomic mass is 32.1. The summed E-state index contributed by atoms with van der Waals surface area (Å²) in [5.74, 6) is 0.0913. The van der Waals surface area contributed by atoms with Gasteiger partial charge in [-0.3, -0.25) is 14.5 Å². The fraction of sp³-hybridized carbons (Fsp3) is 0.318. The second-order valence-corrected chi connectivity index (χ2v) is 7.82. The van der Waals surface area contributed by atoms with E-state index in [4.69, 9.17) is 17.0 Å². The van der Waals surface area contributed by atoms with Crippen LogP contribution >= 0.6 is 12.2 Å². The summed E-state index contributed by atoms with van der Waals surface area (Å²) in [6.07, 6.45) is 0.180. The summed E-state index contributed by atoms with van der Waals surface area (Å²) in [7, 11) is 0. The molecule has 31 heavy (non-hydrogen) atoms. The molecule has 0 saturated carbocycles. The summed E-state index contributed by atoms with van der Waals surface area (Å²) in [5, 5.41) is 9.85. The van der Waals surface area contributed by atoms with Gasteiger partial charge in [0, 0.05) is 37.3 Å². The van der Waals surface area contributed by atoms with Crippen LogP contribution in [0, 0.1) is 17.5 Å². The number of amides is 1. The zero-order chi connectivity index (χ0) is 21.8. The van der Waals surface area contributed by atoms with Crippen molar-refractivity contribution >= 4 is 29.5 Å². The van der Waals surface area contributed by atoms with E-state index < -0.39 is 0 Å². The SMILES string of the molecule is Cc1ccc(-c2n[nH]c(=S)n2CCC(=O)Nc2ccc(N3CCOCC3)c(F)c2)cc1. The molecule has 1 aliphatic rings. The fourth-order valence-corrected chi connectivity index (χ4v) is 3.75. The summed E-state index contributed by atoms with van der Waals surface area (Å²) in [6, 6.07) is 12.7. The number of anilines is 2. The quantitative estimate of drug-likeness (QED) is 0.567. The van der Waals surface area contributed by atoms with Gasteiger partial charge in [0.15, 0.2) is 10.6 Å². The van der Waals surface area contributed by atoms with Gasteiger partial charge in [-0.25, -0.2) is 4.39 Å². The molecule has 2 N–H and O–H groups in total. The van der Waals surface area contributed by atoms with Crippen molar-refractivity contribution in [3.05, 3.63) is 58.6 Å². The number of aromatic nitrogens is 3. The van der Waals surface area contributed by atoms with E-state index in [1.54, 1.807) is 16.7 Å². The van der Waals surface area contributed by atoms with E-state index in [-0.39, 0.29) is 18.1 Å². The third-order valence-corrected chi connectivity index (χ3v) is 5.53. The number of rotatable bonds is 6. The van der Waals surface area contributed by atoms with E-state index in [1.165, 1.54) is 6.07 Å². The third-order valence-electron chi connectivity index (χ3n) is 5.21. The standard InChI is InChI=1S/C22H24FN5O2S/c1-15-2-4-16(5-3-15)21-25-26-22(31)28(21)9-8-20(29)24-17-6-7-19(18(23)14-17)27-10-12-30-13-11-27/h2-7,14H,8-13H2,1H3,(H,24,29)(H,26,31). The van der Waals surface area contributed by atoms with Gasteiger partial charge in [-0.05, 0) is 37.3 Å². The number of morpholine rings is 1. The van der Waals surface area contributed by atoms with E-state index in [2.05, 4.69) is 15.5 Å². The second kappa shape index (κ2) is 9.40. The molecule has 9 heteroatoms. The van der Waals surface area contributed by atoms with Crippen LogP contribution < -0.4 is 10.2 Å². The Labute approximate surface area is 184 Å². The number of nitrogens with zero attached hydrogens (tertiary/aromatic N) is 3. The third kappa shape index (κ3) is 5.00. The number of H-pyrrole nitrogens is 1. The summed E-state index contributed by atoms with van der Waals surface area (Å²) in [4.78, 5) is 14.4. The zero-order valence-corrected chi connectivity index (χ0v) is 18.0. The molecule has 2 heterocycles. The van der Waals surface area contributed by atoms with E-state index >= 15 is 0 Å². The van der Waals surface area contributed by atoms with Gasteiger partial charge < -0.3 is 15.0 Å². The van der Waals surface area contributed by atoms with Crippen molar-refractivity contribution in [1.29, 1.82) is 0 Å². The fourth-order valence-electron chi connectivity index (χ4n) is 3.53. The van der Waals surface area contributed by atoms with Crippen LogP contribution in [0.2, 0.25) is 0 Å². The van der Waals surface area contributed by atoms with Gasteiger partial charge in [0.05, 0.1) is 18.9 Å². The number of nitrogens with one attached hydrogen (secondary N) is 2. The average Bonchev–Trinajstić information content (AvgIpc) is 3.14. The number of aryl methyl sites for hydroxylation is 1. The van der Waals surface area contributed by atoms with Crippen molar-refractivity contribution in [2.24, 2.45) is 0 Å². The van der Waals surface area contributed by atoms with Gasteiger partial charge >= 0.3 is 0 Å². The largest absolute Gasteiger partial charge is 0.378 e. The van der Waals surface area contributed by atoms with Crippen molar-refractivity contribution in [2.45, 2.75) is 19.9 Å². The van der Waals surface area contributed by atoms with Crippen LogP contribution in [0.1, 0.15) is 12.0 Å². The molecule has 0 bridgehead atoms. The zero-order valence-electron chi connectivity index (χ0n) is 17.2. The van der Waals surface area contributed by atoms with E-state index in [9.17, 15) is 9.18 Å². The minimum atomic E-state index is -0.363. The van der Waals surface area contributed by atoms with Gasteiger partial charge in [-0.1, -0.05) is 29.8 Å². The summed E-state index contributed by atoms with van der Waals surface area (Å²) >= 11 is 5.32. The maximum atomic E-state index is 14.6. The van der Waals surface area contributed by atoms with Crippen LogP contribution in [0.4, 0.5) is 15.8 Å². The molecule has 0 spiro atoms. The maximum absolute atomic E-state index is 14.6. The predicted molar refractivity (Wildman–Crippen MR) is 120 cm³/mol. The summed E-state index contributed by atoms with van der Waals surface area (Å²) in [5.41, 5.74) is 3.01. The van der Waals surface area contributed by atoms with Crippen LogP contribution in [0.5, 0.6) is 0 Å². The predicted octanol–water partition coefficient (Wildman–Crippen LogP) is 3.92. The molecule has 1 fully saturated rings. The Bertz CT molecular complexity index is 1120. The van der Waals surface area contributed by atoms with E-state index in [0.717, 1.165) is 11.1 Å². The van der Waals surface area contributed by atoms with E-state index in [1.807, 2.05) is 36.1 Å². The first-order valence-corrected chi connectivity index (χ1v) is 10.6. The highest BCUT2D eigenvalue weighted by molar-refractivity contribution is 7.71. The van der Waals surface area contributed by atoms with Crippen molar-refractivity contribution in [3.8, 4) is 11.4 Å². The normalized spacial score (nSPS) is 13.9. The van der Waals surface area contributed by atoms with Crippen molar-refractivity contribution < 1.29 is 13.9 Å². The molecule has 0 radical (unpaired) electrons. The van der Waals surface area contributed by atoms with Crippen LogP contribution in [0.15, 0.2) is 42.5 Å². The molecule has 0 atom stereocenters. The highest BCUT2D eigenvalue weighted by Gasteiger charge is 2.16. The molecular weight excluding hydrogens is 417 g/mol. The molecule has 0 aliphatic carbocycles. The Hall–Kier alpha value is -3.04. The highest BCUT2D eigenvalue weighted by Crippen LogP contribution is 2.24. The molecule has 2 aromatic carbocycles. The number of hydrogen-bond acceptors (Lipinski definition) is 5. The second-order valence-electron chi connectivity index (χ2n) is 7.43. The van der Waals surface area contributed by atoms with Crippen LogP contribution in [0.3, 0.4) is 0 Å². The van der Waals surface area contributed by atoms with Crippen molar-refractivity contribution in [1.82, 2.24) is 14.8 Å². The molecule has 1 amide bonds. The lowest BCUT2D eigenvalue weighted by Crippen LogP contribution is -2.36. The number of ether oxygens (including phenoxy) is 1. The van der Waals surface area contributed by atoms with Gasteiger partial charge in [-0.2, -0.15) is 5.10 Å². The Morgan fingerprint density at radius 2 is 1.97 bits per heavy atom.